The van der Waals surface area contributed by atoms with Crippen LogP contribution in [0.3, 0.4) is 0 Å². The first-order valence-electron chi connectivity index (χ1n) is 10.8. The Balaban J connectivity index is 1.72. The molecule has 6 nitrogen and oxygen atoms in total. The first-order chi connectivity index (χ1) is 14.8. The number of amides is 2. The fourth-order valence-corrected chi connectivity index (χ4v) is 4.03. The van der Waals surface area contributed by atoms with E-state index in [1.165, 1.54) is 0 Å². The van der Waals surface area contributed by atoms with Gasteiger partial charge in [-0.1, -0.05) is 12.1 Å². The van der Waals surface area contributed by atoms with Crippen molar-refractivity contribution in [3.63, 3.8) is 0 Å². The summed E-state index contributed by atoms with van der Waals surface area (Å²) in [6, 6.07) is 15.5. The van der Waals surface area contributed by atoms with E-state index in [2.05, 4.69) is 0 Å². The second kappa shape index (κ2) is 9.96. The molecule has 0 N–H and O–H groups in total. The topological polar surface area (TPSA) is 53.1 Å². The Morgan fingerprint density at radius 3 is 2.03 bits per heavy atom. The van der Waals surface area contributed by atoms with Crippen molar-refractivity contribution < 1.29 is 14.3 Å². The highest BCUT2D eigenvalue weighted by molar-refractivity contribution is 5.95. The van der Waals surface area contributed by atoms with E-state index in [9.17, 15) is 9.59 Å². The molecule has 31 heavy (non-hydrogen) atoms. The van der Waals surface area contributed by atoms with Crippen LogP contribution in [0.4, 0.5) is 5.69 Å². The highest BCUT2D eigenvalue weighted by Gasteiger charge is 2.30. The largest absolute Gasteiger partial charge is 0.378 e. The molecule has 166 valence electrons. The molecule has 0 bridgehead atoms. The van der Waals surface area contributed by atoms with Gasteiger partial charge in [0, 0.05) is 64.2 Å². The van der Waals surface area contributed by atoms with Crippen molar-refractivity contribution in [1.29, 1.82) is 0 Å². The van der Waals surface area contributed by atoms with E-state index in [0.717, 1.165) is 24.1 Å². The van der Waals surface area contributed by atoms with Crippen LogP contribution < -0.4 is 4.90 Å². The Bertz CT molecular complexity index is 891. The minimum Gasteiger partial charge on any atom is -0.378 e. The third-order valence-corrected chi connectivity index (χ3v) is 5.86. The molecule has 3 rings (SSSR count). The first kappa shape index (κ1) is 22.8. The molecule has 1 saturated heterocycles. The number of carbonyl (C=O) groups is 2. The van der Waals surface area contributed by atoms with E-state index >= 15 is 0 Å². The zero-order chi connectivity index (χ0) is 22.5. The quantitative estimate of drug-likeness (QED) is 0.709. The zero-order valence-electron chi connectivity index (χ0n) is 19.2. The average Bonchev–Trinajstić information content (AvgIpc) is 2.79. The predicted octanol–water partition coefficient (Wildman–Crippen LogP) is 3.84. The van der Waals surface area contributed by atoms with Gasteiger partial charge in [-0.15, -0.1) is 0 Å². The number of hydrogen-bond acceptors (Lipinski definition) is 4. The van der Waals surface area contributed by atoms with Crippen LogP contribution in [0, 0.1) is 0 Å². The molecule has 0 unspecified atom stereocenters. The van der Waals surface area contributed by atoms with Crippen LogP contribution in [-0.2, 0) is 4.74 Å². The predicted molar refractivity (Wildman–Crippen MR) is 124 cm³/mol. The Hall–Kier alpha value is -2.86. The molecule has 2 aromatic rings. The highest BCUT2D eigenvalue weighted by Crippen LogP contribution is 2.31. The summed E-state index contributed by atoms with van der Waals surface area (Å²) in [5, 5.41) is 0. The van der Waals surface area contributed by atoms with Crippen LogP contribution in [0.2, 0.25) is 0 Å². The number of ether oxygens (including phenoxy) is 1. The lowest BCUT2D eigenvalue weighted by molar-refractivity contribution is -0.0231. The first-order valence-corrected chi connectivity index (χ1v) is 10.8. The minimum atomic E-state index is -0.0831. The van der Waals surface area contributed by atoms with Crippen molar-refractivity contribution in [1.82, 2.24) is 9.80 Å². The molecule has 0 aromatic heterocycles. The second-order valence-electron chi connectivity index (χ2n) is 8.39. The van der Waals surface area contributed by atoms with E-state index in [4.69, 9.17) is 4.74 Å². The summed E-state index contributed by atoms with van der Waals surface area (Å²) < 4.78 is 6.03. The van der Waals surface area contributed by atoms with Crippen molar-refractivity contribution in [3.05, 3.63) is 65.2 Å². The molecule has 1 heterocycles. The number of anilines is 1. The minimum absolute atomic E-state index is 0.0166. The van der Waals surface area contributed by atoms with Gasteiger partial charge < -0.3 is 19.4 Å². The van der Waals surface area contributed by atoms with Gasteiger partial charge in [-0.25, -0.2) is 0 Å². The maximum absolute atomic E-state index is 13.2. The molecule has 6 heteroatoms. The fourth-order valence-electron chi connectivity index (χ4n) is 4.03. The Kier molecular flexibility index (Phi) is 7.33. The second-order valence-corrected chi connectivity index (χ2v) is 8.39. The smallest absolute Gasteiger partial charge is 0.254 e. The third kappa shape index (κ3) is 5.25. The summed E-state index contributed by atoms with van der Waals surface area (Å²) in [7, 11) is 7.46. The van der Waals surface area contributed by atoms with Gasteiger partial charge in [-0.3, -0.25) is 9.59 Å². The van der Waals surface area contributed by atoms with Crippen LogP contribution in [0.25, 0.3) is 0 Å². The number of rotatable bonds is 6. The van der Waals surface area contributed by atoms with Crippen molar-refractivity contribution >= 4 is 17.5 Å². The number of benzene rings is 2. The highest BCUT2D eigenvalue weighted by atomic mass is 16.5. The number of carbonyl (C=O) groups excluding carboxylic acids is 2. The number of nitrogens with zero attached hydrogens (tertiary/aromatic N) is 3. The fraction of sp³-hybridized carbons (Fsp3) is 0.440. The average molecular weight is 424 g/mol. The van der Waals surface area contributed by atoms with Gasteiger partial charge in [0.1, 0.15) is 0 Å². The normalized spacial score (nSPS) is 18.4. The molecule has 0 aliphatic carbocycles. The summed E-state index contributed by atoms with van der Waals surface area (Å²) >= 11 is 0. The van der Waals surface area contributed by atoms with Crippen molar-refractivity contribution in [2.75, 3.05) is 46.2 Å². The Morgan fingerprint density at radius 1 is 0.903 bits per heavy atom. The van der Waals surface area contributed by atoms with E-state index in [0.29, 0.717) is 24.3 Å². The van der Waals surface area contributed by atoms with Crippen molar-refractivity contribution in [2.24, 2.45) is 0 Å². The van der Waals surface area contributed by atoms with Gasteiger partial charge in [0.2, 0.25) is 0 Å². The molecular weight excluding hydrogens is 390 g/mol. The van der Waals surface area contributed by atoms with Gasteiger partial charge in [0.25, 0.3) is 11.8 Å². The molecule has 0 radical (unpaired) electrons. The van der Waals surface area contributed by atoms with Crippen molar-refractivity contribution in [2.45, 2.75) is 31.9 Å². The molecule has 2 aromatic carbocycles. The van der Waals surface area contributed by atoms with Crippen molar-refractivity contribution in [3.8, 4) is 0 Å². The summed E-state index contributed by atoms with van der Waals surface area (Å²) in [5.74, 6) is 0.0439. The van der Waals surface area contributed by atoms with E-state index < -0.39 is 0 Å². The van der Waals surface area contributed by atoms with Gasteiger partial charge in [-0.05, 0) is 61.7 Å². The van der Waals surface area contributed by atoms with E-state index in [-0.39, 0.29) is 24.0 Å². The number of hydrogen-bond donors (Lipinski definition) is 0. The lowest BCUT2D eigenvalue weighted by Gasteiger charge is -2.37. The maximum Gasteiger partial charge on any atom is 0.254 e. The molecule has 1 aliphatic heterocycles. The van der Waals surface area contributed by atoms with Crippen LogP contribution in [0.5, 0.6) is 0 Å². The zero-order valence-corrected chi connectivity index (χ0v) is 19.2. The lowest BCUT2D eigenvalue weighted by Crippen LogP contribution is -2.44. The summed E-state index contributed by atoms with van der Waals surface area (Å²) in [5.41, 5.74) is 3.48. The van der Waals surface area contributed by atoms with Crippen LogP contribution in [0.15, 0.2) is 48.5 Å². The Labute approximate surface area is 185 Å². The molecule has 1 aliphatic rings. The molecule has 0 spiro atoms. The molecule has 0 saturated carbocycles. The summed E-state index contributed by atoms with van der Waals surface area (Å²) in [4.78, 5) is 30.9. The third-order valence-electron chi connectivity index (χ3n) is 5.86. The molecule has 1 fully saturated rings. The summed E-state index contributed by atoms with van der Waals surface area (Å²) in [6.45, 7) is 3.29. The van der Waals surface area contributed by atoms with Crippen LogP contribution >= 0.6 is 0 Å². The molecular formula is C25H33N3O3. The molecule has 2 amide bonds. The Morgan fingerprint density at radius 2 is 1.48 bits per heavy atom. The molecule has 2 atom stereocenters. The maximum atomic E-state index is 13.2. The standard InChI is InChI=1S/C25H33N3O3/c1-6-28(25(30)20-11-13-21(14-12-20)26(2)3)22-15-16-31-23(17-22)18-7-9-19(10-8-18)24(29)27(4)5/h7-14,22-23H,6,15-17H2,1-5H3/t22-,23+/m1/s1. The van der Waals surface area contributed by atoms with E-state index in [1.807, 2.05) is 79.3 Å². The van der Waals surface area contributed by atoms with E-state index in [1.54, 1.807) is 19.0 Å². The van der Waals surface area contributed by atoms with Gasteiger partial charge >= 0.3 is 0 Å². The lowest BCUT2D eigenvalue weighted by atomic mass is 9.95. The summed E-state index contributed by atoms with van der Waals surface area (Å²) in [6.07, 6.45) is 1.49. The SMILES string of the molecule is CCN(C(=O)c1ccc(N(C)C)cc1)[C@@H]1CCO[C@H](c2ccc(C(=O)N(C)C)cc2)C1. The van der Waals surface area contributed by atoms with Gasteiger partial charge in [0.05, 0.1) is 6.10 Å². The van der Waals surface area contributed by atoms with Gasteiger partial charge in [0.15, 0.2) is 0 Å². The monoisotopic (exact) mass is 423 g/mol. The van der Waals surface area contributed by atoms with Gasteiger partial charge in [-0.2, -0.15) is 0 Å². The van der Waals surface area contributed by atoms with Crippen LogP contribution in [-0.4, -0.2) is 69.0 Å². The van der Waals surface area contributed by atoms with Crippen LogP contribution in [0.1, 0.15) is 52.1 Å².